The number of hydrogen-bond acceptors (Lipinski definition) is 2. The molecular weight excluding hydrogens is 432 g/mol. The van der Waals surface area contributed by atoms with E-state index in [0.29, 0.717) is 12.4 Å². The molecule has 0 bridgehead atoms. The molecule has 3 aromatic rings. The van der Waals surface area contributed by atoms with Gasteiger partial charge in [-0.1, -0.05) is 51.3 Å². The highest BCUT2D eigenvalue weighted by Crippen LogP contribution is 2.25. The van der Waals surface area contributed by atoms with Crippen LogP contribution in [0.3, 0.4) is 0 Å². The van der Waals surface area contributed by atoms with E-state index in [0.717, 1.165) is 16.1 Å². The summed E-state index contributed by atoms with van der Waals surface area (Å²) in [5.74, 6) is -0.781. The normalized spacial score (nSPS) is 10.7. The summed E-state index contributed by atoms with van der Waals surface area (Å²) in [5.41, 5.74) is 1.01. The van der Waals surface area contributed by atoms with Gasteiger partial charge in [-0.05, 0) is 29.8 Å². The Kier molecular flexibility index (Phi) is 5.42. The second kappa shape index (κ2) is 7.56. The maximum atomic E-state index is 13.6. The molecule has 0 radical (unpaired) electrons. The van der Waals surface area contributed by atoms with Crippen molar-refractivity contribution in [3.8, 4) is 0 Å². The SMILES string of the molecule is O=C(Nc1ccnn1Cc1ccc(Br)cc1)c1cc(F)c(Cl)cc1Cl. The van der Waals surface area contributed by atoms with Crippen molar-refractivity contribution in [1.29, 1.82) is 0 Å². The van der Waals surface area contributed by atoms with E-state index < -0.39 is 11.7 Å². The van der Waals surface area contributed by atoms with E-state index in [1.165, 1.54) is 6.07 Å². The van der Waals surface area contributed by atoms with Gasteiger partial charge >= 0.3 is 0 Å². The predicted molar refractivity (Wildman–Crippen MR) is 99.8 cm³/mol. The third kappa shape index (κ3) is 4.21. The summed E-state index contributed by atoms with van der Waals surface area (Å²) in [6.45, 7) is 0.471. The summed E-state index contributed by atoms with van der Waals surface area (Å²) < 4.78 is 16.2. The molecule has 1 amide bonds. The monoisotopic (exact) mass is 441 g/mol. The zero-order chi connectivity index (χ0) is 18.0. The van der Waals surface area contributed by atoms with Gasteiger partial charge in [-0.15, -0.1) is 0 Å². The van der Waals surface area contributed by atoms with E-state index in [1.54, 1.807) is 16.9 Å². The first-order chi connectivity index (χ1) is 11.9. The highest BCUT2D eigenvalue weighted by Gasteiger charge is 2.16. The van der Waals surface area contributed by atoms with Crippen LogP contribution in [0.5, 0.6) is 0 Å². The first-order valence-electron chi connectivity index (χ1n) is 7.16. The lowest BCUT2D eigenvalue weighted by molar-refractivity contribution is 0.102. The largest absolute Gasteiger partial charge is 0.307 e. The number of carbonyl (C=O) groups excluding carboxylic acids is 1. The van der Waals surface area contributed by atoms with Gasteiger partial charge in [0, 0.05) is 10.5 Å². The Morgan fingerprint density at radius 1 is 1.16 bits per heavy atom. The number of nitrogens with one attached hydrogen (secondary N) is 1. The topological polar surface area (TPSA) is 46.9 Å². The number of benzene rings is 2. The molecule has 0 atom stereocenters. The quantitative estimate of drug-likeness (QED) is 0.550. The van der Waals surface area contributed by atoms with Crippen LogP contribution in [0.4, 0.5) is 10.2 Å². The summed E-state index contributed by atoms with van der Waals surface area (Å²) in [6.07, 6.45) is 1.57. The lowest BCUT2D eigenvalue weighted by Crippen LogP contribution is -2.17. The van der Waals surface area contributed by atoms with Crippen LogP contribution >= 0.6 is 39.1 Å². The van der Waals surface area contributed by atoms with Crippen molar-refractivity contribution in [2.24, 2.45) is 0 Å². The number of carbonyl (C=O) groups is 1. The van der Waals surface area contributed by atoms with Gasteiger partial charge in [0.25, 0.3) is 5.91 Å². The molecule has 0 aliphatic rings. The Bertz CT molecular complexity index is 928. The van der Waals surface area contributed by atoms with Gasteiger partial charge in [0.2, 0.25) is 0 Å². The van der Waals surface area contributed by atoms with Crippen molar-refractivity contribution in [3.05, 3.63) is 80.1 Å². The first kappa shape index (κ1) is 17.9. The molecule has 25 heavy (non-hydrogen) atoms. The van der Waals surface area contributed by atoms with E-state index in [1.807, 2.05) is 24.3 Å². The van der Waals surface area contributed by atoms with Crippen molar-refractivity contribution in [3.63, 3.8) is 0 Å². The van der Waals surface area contributed by atoms with E-state index in [2.05, 4.69) is 26.3 Å². The van der Waals surface area contributed by atoms with E-state index >= 15 is 0 Å². The van der Waals surface area contributed by atoms with Gasteiger partial charge in [0.1, 0.15) is 11.6 Å². The molecule has 8 heteroatoms. The minimum Gasteiger partial charge on any atom is -0.307 e. The zero-order valence-electron chi connectivity index (χ0n) is 12.6. The Balaban J connectivity index is 1.80. The maximum absolute atomic E-state index is 13.6. The highest BCUT2D eigenvalue weighted by atomic mass is 79.9. The summed E-state index contributed by atoms with van der Waals surface area (Å²) in [6, 6.07) is 11.6. The number of halogens is 4. The van der Waals surface area contributed by atoms with Gasteiger partial charge in [0.05, 0.1) is 28.4 Å². The lowest BCUT2D eigenvalue weighted by Gasteiger charge is -2.10. The molecule has 1 heterocycles. The van der Waals surface area contributed by atoms with Gasteiger partial charge in [0.15, 0.2) is 0 Å². The summed E-state index contributed by atoms with van der Waals surface area (Å²) >= 11 is 15.0. The minimum absolute atomic E-state index is 0.0000386. The molecule has 0 saturated carbocycles. The van der Waals surface area contributed by atoms with E-state index in [-0.39, 0.29) is 15.6 Å². The minimum atomic E-state index is -0.709. The Morgan fingerprint density at radius 2 is 1.88 bits per heavy atom. The fraction of sp³-hybridized carbons (Fsp3) is 0.0588. The molecule has 1 N–H and O–H groups in total. The molecule has 0 fully saturated rings. The van der Waals surface area contributed by atoms with Crippen molar-refractivity contribution in [1.82, 2.24) is 9.78 Å². The average Bonchev–Trinajstić information content (AvgIpc) is 3.00. The molecule has 0 saturated heterocycles. The van der Waals surface area contributed by atoms with Gasteiger partial charge in [-0.3, -0.25) is 4.79 Å². The van der Waals surface area contributed by atoms with E-state index in [9.17, 15) is 9.18 Å². The van der Waals surface area contributed by atoms with Crippen LogP contribution in [0.2, 0.25) is 10.0 Å². The number of rotatable bonds is 4. The molecule has 2 aromatic carbocycles. The number of amides is 1. The molecule has 0 aliphatic carbocycles. The van der Waals surface area contributed by atoms with Crippen LogP contribution in [-0.4, -0.2) is 15.7 Å². The van der Waals surface area contributed by atoms with Crippen molar-refractivity contribution < 1.29 is 9.18 Å². The maximum Gasteiger partial charge on any atom is 0.258 e. The molecule has 0 aliphatic heterocycles. The summed E-state index contributed by atoms with van der Waals surface area (Å²) in [7, 11) is 0. The molecule has 0 spiro atoms. The second-order valence-electron chi connectivity index (χ2n) is 5.20. The average molecular weight is 443 g/mol. The van der Waals surface area contributed by atoms with Crippen molar-refractivity contribution in [2.45, 2.75) is 6.54 Å². The predicted octanol–water partition coefficient (Wildman–Crippen LogP) is 5.39. The molecule has 1 aromatic heterocycles. The zero-order valence-corrected chi connectivity index (χ0v) is 15.7. The van der Waals surface area contributed by atoms with E-state index in [4.69, 9.17) is 23.2 Å². The standard InChI is InChI=1S/C17H11BrCl2FN3O/c18-11-3-1-10(2-4-11)9-24-16(5-6-22-24)23-17(25)12-7-15(21)14(20)8-13(12)19/h1-8H,9H2,(H,23,25). The third-order valence-electron chi connectivity index (χ3n) is 3.46. The molecule has 0 unspecified atom stereocenters. The van der Waals surface area contributed by atoms with Gasteiger partial charge in [-0.25, -0.2) is 9.07 Å². The van der Waals surface area contributed by atoms with Crippen LogP contribution in [0.25, 0.3) is 0 Å². The Morgan fingerprint density at radius 3 is 2.60 bits per heavy atom. The fourth-order valence-corrected chi connectivity index (χ4v) is 2.94. The van der Waals surface area contributed by atoms with Gasteiger partial charge < -0.3 is 5.32 Å². The van der Waals surface area contributed by atoms with Crippen LogP contribution in [-0.2, 0) is 6.54 Å². The summed E-state index contributed by atoms with van der Waals surface area (Å²) in [5, 5.41) is 6.82. The molecule has 128 valence electrons. The Hall–Kier alpha value is -1.89. The van der Waals surface area contributed by atoms with Crippen molar-refractivity contribution >= 4 is 50.9 Å². The van der Waals surface area contributed by atoms with Crippen LogP contribution in [0.1, 0.15) is 15.9 Å². The second-order valence-corrected chi connectivity index (χ2v) is 6.93. The number of aromatic nitrogens is 2. The fourth-order valence-electron chi connectivity index (χ4n) is 2.21. The molecular formula is C17H11BrCl2FN3O. The van der Waals surface area contributed by atoms with Crippen molar-refractivity contribution in [2.75, 3.05) is 5.32 Å². The number of nitrogens with zero attached hydrogens (tertiary/aromatic N) is 2. The van der Waals surface area contributed by atoms with Crippen LogP contribution in [0, 0.1) is 5.82 Å². The third-order valence-corrected chi connectivity index (χ3v) is 4.59. The van der Waals surface area contributed by atoms with Gasteiger partial charge in [-0.2, -0.15) is 5.10 Å². The molecule has 3 rings (SSSR count). The lowest BCUT2D eigenvalue weighted by atomic mass is 10.2. The summed E-state index contributed by atoms with van der Waals surface area (Å²) in [4.78, 5) is 12.4. The smallest absolute Gasteiger partial charge is 0.258 e. The van der Waals surface area contributed by atoms with Crippen LogP contribution < -0.4 is 5.32 Å². The number of anilines is 1. The Labute approximate surface area is 161 Å². The number of hydrogen-bond donors (Lipinski definition) is 1. The molecule has 4 nitrogen and oxygen atoms in total. The van der Waals surface area contributed by atoms with Crippen LogP contribution in [0.15, 0.2) is 53.1 Å². The first-order valence-corrected chi connectivity index (χ1v) is 8.71. The highest BCUT2D eigenvalue weighted by molar-refractivity contribution is 9.10.